The summed E-state index contributed by atoms with van der Waals surface area (Å²) in [6.07, 6.45) is 12.1. The van der Waals surface area contributed by atoms with Gasteiger partial charge in [-0.2, -0.15) is 0 Å². The number of ketones is 1. The molecule has 6 aliphatic rings. The molecule has 178 valence electrons. The molecule has 5 heteroatoms. The largest absolute Gasteiger partial charge is 0.493 e. The third-order valence-electron chi connectivity index (χ3n) is 9.44. The van der Waals surface area contributed by atoms with Gasteiger partial charge in [0.1, 0.15) is 11.6 Å². The van der Waals surface area contributed by atoms with E-state index in [1.54, 1.807) is 6.07 Å². The molecule has 33 heavy (non-hydrogen) atoms. The molecule has 1 aromatic rings. The van der Waals surface area contributed by atoms with E-state index in [-0.39, 0.29) is 22.7 Å². The zero-order chi connectivity index (χ0) is 22.7. The summed E-state index contributed by atoms with van der Waals surface area (Å²) in [5, 5.41) is 0. The molecular weight excluding hydrogens is 419 g/mol. The van der Waals surface area contributed by atoms with E-state index in [1.165, 1.54) is 51.7 Å². The Kier molecular flexibility index (Phi) is 5.30. The van der Waals surface area contributed by atoms with E-state index < -0.39 is 17.7 Å². The highest BCUT2D eigenvalue weighted by atomic mass is 19.1. The number of carbonyl (C=O) groups excluding carboxylic acids is 2. The number of methoxy groups -OCH3 is 1. The number of carbonyl (C=O) groups is 2. The SMILES string of the molecule is COC(=O)[C@@H]1CCC[C@H]1C(=O)c1cc(C2CC2)c(OCC23CC4CC(CC(C4)C2)C3)cc1F. The lowest BCUT2D eigenvalue weighted by Gasteiger charge is -2.56. The molecule has 0 heterocycles. The van der Waals surface area contributed by atoms with E-state index in [0.29, 0.717) is 31.1 Å². The molecule has 2 atom stereocenters. The summed E-state index contributed by atoms with van der Waals surface area (Å²) >= 11 is 0. The Labute approximate surface area is 195 Å². The van der Waals surface area contributed by atoms with Crippen molar-refractivity contribution in [2.75, 3.05) is 13.7 Å². The Morgan fingerprint density at radius 3 is 2.21 bits per heavy atom. The number of hydrogen-bond acceptors (Lipinski definition) is 4. The number of hydrogen-bond donors (Lipinski definition) is 0. The van der Waals surface area contributed by atoms with Gasteiger partial charge in [-0.15, -0.1) is 0 Å². The van der Waals surface area contributed by atoms with Gasteiger partial charge in [-0.3, -0.25) is 9.59 Å². The van der Waals surface area contributed by atoms with Crippen LogP contribution in [0.4, 0.5) is 4.39 Å². The van der Waals surface area contributed by atoms with Gasteiger partial charge in [0, 0.05) is 17.4 Å². The number of halogens is 1. The minimum absolute atomic E-state index is 0.125. The minimum Gasteiger partial charge on any atom is -0.493 e. The average molecular weight is 455 g/mol. The zero-order valence-electron chi connectivity index (χ0n) is 19.6. The lowest BCUT2D eigenvalue weighted by atomic mass is 9.50. The van der Waals surface area contributed by atoms with Crippen LogP contribution in [0.15, 0.2) is 12.1 Å². The maximum absolute atomic E-state index is 15.3. The molecular formula is C28H35FO4. The summed E-state index contributed by atoms with van der Waals surface area (Å²) in [5.41, 5.74) is 1.37. The fourth-order valence-electron chi connectivity index (χ4n) is 8.20. The first-order chi connectivity index (χ1) is 15.9. The summed E-state index contributed by atoms with van der Waals surface area (Å²) in [7, 11) is 1.35. The van der Waals surface area contributed by atoms with Crippen LogP contribution in [0.1, 0.15) is 92.5 Å². The second-order valence-electron chi connectivity index (χ2n) is 11.9. The van der Waals surface area contributed by atoms with Gasteiger partial charge >= 0.3 is 5.97 Å². The zero-order valence-corrected chi connectivity index (χ0v) is 19.6. The third-order valence-corrected chi connectivity index (χ3v) is 9.44. The van der Waals surface area contributed by atoms with Crippen molar-refractivity contribution in [3.8, 4) is 5.75 Å². The topological polar surface area (TPSA) is 52.6 Å². The van der Waals surface area contributed by atoms with Crippen LogP contribution in [0.2, 0.25) is 0 Å². The highest BCUT2D eigenvalue weighted by Gasteiger charge is 2.51. The van der Waals surface area contributed by atoms with Crippen LogP contribution in [-0.2, 0) is 9.53 Å². The van der Waals surface area contributed by atoms with E-state index in [2.05, 4.69) is 0 Å². The molecule has 7 rings (SSSR count). The van der Waals surface area contributed by atoms with Gasteiger partial charge < -0.3 is 9.47 Å². The van der Waals surface area contributed by atoms with Crippen molar-refractivity contribution in [2.45, 2.75) is 76.5 Å². The van der Waals surface area contributed by atoms with Gasteiger partial charge in [-0.05, 0) is 99.5 Å². The van der Waals surface area contributed by atoms with E-state index in [1.807, 2.05) is 0 Å². The monoisotopic (exact) mass is 454 g/mol. The number of Topliss-reactive ketones (excluding diaryl/α,β-unsaturated/α-hetero) is 1. The molecule has 4 bridgehead atoms. The molecule has 0 aliphatic heterocycles. The summed E-state index contributed by atoms with van der Waals surface area (Å²) in [6.45, 7) is 0.677. The Morgan fingerprint density at radius 2 is 1.61 bits per heavy atom. The molecule has 0 N–H and O–H groups in total. The van der Waals surface area contributed by atoms with Crippen molar-refractivity contribution in [2.24, 2.45) is 35.0 Å². The number of ether oxygens (including phenoxy) is 2. The lowest BCUT2D eigenvalue weighted by Crippen LogP contribution is -2.48. The van der Waals surface area contributed by atoms with Crippen LogP contribution in [0, 0.1) is 40.8 Å². The fourth-order valence-corrected chi connectivity index (χ4v) is 8.20. The highest BCUT2D eigenvalue weighted by molar-refractivity contribution is 6.01. The van der Waals surface area contributed by atoms with E-state index in [9.17, 15) is 9.59 Å². The number of rotatable bonds is 7. The van der Waals surface area contributed by atoms with Gasteiger partial charge in [-0.25, -0.2) is 4.39 Å². The number of benzene rings is 1. The Bertz CT molecular complexity index is 930. The molecule has 6 aliphatic carbocycles. The predicted molar refractivity (Wildman–Crippen MR) is 122 cm³/mol. The van der Waals surface area contributed by atoms with Crippen molar-refractivity contribution in [3.05, 3.63) is 29.1 Å². The fraction of sp³-hybridized carbons (Fsp3) is 0.714. The first-order valence-corrected chi connectivity index (χ1v) is 13.0. The molecule has 6 saturated carbocycles. The van der Waals surface area contributed by atoms with Crippen LogP contribution >= 0.6 is 0 Å². The van der Waals surface area contributed by atoms with Crippen LogP contribution in [0.3, 0.4) is 0 Å². The maximum Gasteiger partial charge on any atom is 0.309 e. The minimum atomic E-state index is -0.513. The van der Waals surface area contributed by atoms with Gasteiger partial charge in [0.25, 0.3) is 0 Å². The second kappa shape index (κ2) is 8.09. The normalized spacial score (nSPS) is 36.7. The van der Waals surface area contributed by atoms with Crippen molar-refractivity contribution in [1.82, 2.24) is 0 Å². The van der Waals surface area contributed by atoms with E-state index >= 15 is 4.39 Å². The number of esters is 1. The maximum atomic E-state index is 15.3. The van der Waals surface area contributed by atoms with Gasteiger partial charge in [0.05, 0.1) is 25.2 Å². The smallest absolute Gasteiger partial charge is 0.309 e. The van der Waals surface area contributed by atoms with E-state index in [4.69, 9.17) is 9.47 Å². The van der Waals surface area contributed by atoms with Gasteiger partial charge in [-0.1, -0.05) is 6.42 Å². The van der Waals surface area contributed by atoms with Crippen LogP contribution in [-0.4, -0.2) is 25.5 Å². The van der Waals surface area contributed by atoms with Crippen LogP contribution in [0.5, 0.6) is 5.75 Å². The molecule has 4 nitrogen and oxygen atoms in total. The molecule has 6 fully saturated rings. The van der Waals surface area contributed by atoms with Gasteiger partial charge in [0.2, 0.25) is 0 Å². The predicted octanol–water partition coefficient (Wildman–Crippen LogP) is 6.07. The first-order valence-electron chi connectivity index (χ1n) is 13.0. The Morgan fingerprint density at radius 1 is 0.970 bits per heavy atom. The van der Waals surface area contributed by atoms with Crippen molar-refractivity contribution in [1.29, 1.82) is 0 Å². The lowest BCUT2D eigenvalue weighted by molar-refractivity contribution is -0.146. The standard InChI is InChI=1S/C28H35FO4/c1-32-27(31)21-4-2-3-20(21)26(30)23-10-22(19-5-6-19)25(11-24(23)29)33-15-28-12-16-7-17(13-28)9-18(8-16)14-28/h10-11,16-21H,2-9,12-15H2,1H3/t16?,17?,18?,20-,21-,28?/m1/s1. The van der Waals surface area contributed by atoms with Crippen LogP contribution < -0.4 is 4.74 Å². The molecule has 1 aromatic carbocycles. The summed E-state index contributed by atoms with van der Waals surface area (Å²) in [4.78, 5) is 25.4. The molecule has 0 radical (unpaired) electrons. The van der Waals surface area contributed by atoms with Crippen molar-refractivity contribution in [3.63, 3.8) is 0 Å². The Hall–Kier alpha value is -1.91. The molecule has 0 saturated heterocycles. The first kappa shape index (κ1) is 21.6. The molecule has 0 unspecified atom stereocenters. The van der Waals surface area contributed by atoms with Gasteiger partial charge in [0.15, 0.2) is 5.78 Å². The van der Waals surface area contributed by atoms with E-state index in [0.717, 1.165) is 42.6 Å². The average Bonchev–Trinajstić information content (AvgIpc) is 3.51. The summed E-state index contributed by atoms with van der Waals surface area (Å²) in [6, 6.07) is 3.21. The van der Waals surface area contributed by atoms with Crippen molar-refractivity contribution < 1.29 is 23.5 Å². The highest BCUT2D eigenvalue weighted by Crippen LogP contribution is 2.60. The molecule has 0 aromatic heterocycles. The van der Waals surface area contributed by atoms with Crippen LogP contribution in [0.25, 0.3) is 0 Å². The quantitative estimate of drug-likeness (QED) is 0.371. The van der Waals surface area contributed by atoms with Crippen molar-refractivity contribution >= 4 is 11.8 Å². The summed E-state index contributed by atoms with van der Waals surface area (Å²) in [5.74, 6) is 1.48. The molecule has 0 spiro atoms. The summed E-state index contributed by atoms with van der Waals surface area (Å²) < 4.78 is 26.6. The molecule has 0 amide bonds. The third kappa shape index (κ3) is 3.89. The second-order valence-corrected chi connectivity index (χ2v) is 11.9. The Balaban J connectivity index is 1.23.